The lowest BCUT2D eigenvalue weighted by molar-refractivity contribution is -0.139. The van der Waals surface area contributed by atoms with Crippen LogP contribution >= 0.6 is 46.4 Å². The molecule has 0 N–H and O–H groups in total. The summed E-state index contributed by atoms with van der Waals surface area (Å²) in [5, 5.41) is -2.22. The largest absolute Gasteiger partial charge is 0.418 e. The molecule has 0 atom stereocenters. The van der Waals surface area contributed by atoms with Crippen molar-refractivity contribution < 1.29 is 26.3 Å². The van der Waals surface area contributed by atoms with Gasteiger partial charge in [0.1, 0.15) is 0 Å². The maximum absolute atomic E-state index is 13.3. The minimum absolute atomic E-state index is 0.271. The van der Waals surface area contributed by atoms with Crippen LogP contribution in [0, 0.1) is 0 Å². The van der Waals surface area contributed by atoms with Crippen LogP contribution < -0.4 is 0 Å². The summed E-state index contributed by atoms with van der Waals surface area (Å²) in [6.45, 7) is 0. The topological polar surface area (TPSA) is 0 Å². The SMILES string of the molecule is FC(F)(F)c1c(Cl)cc(Cl)cc1-c1cc(Cl)cc(Cl)c1C(F)(F)F. The Hall–Kier alpha value is -0.820. The van der Waals surface area contributed by atoms with Gasteiger partial charge in [0.2, 0.25) is 0 Å². The highest BCUT2D eigenvalue weighted by molar-refractivity contribution is 6.37. The summed E-state index contributed by atoms with van der Waals surface area (Å²) in [6.07, 6.45) is -10.0. The van der Waals surface area contributed by atoms with Crippen molar-refractivity contribution in [3.63, 3.8) is 0 Å². The van der Waals surface area contributed by atoms with Gasteiger partial charge in [0.25, 0.3) is 0 Å². The summed E-state index contributed by atoms with van der Waals surface area (Å²) in [7, 11) is 0. The molecule has 0 fully saturated rings. The van der Waals surface area contributed by atoms with Crippen LogP contribution in [0.1, 0.15) is 11.1 Å². The molecule has 0 aromatic heterocycles. The summed E-state index contributed by atoms with van der Waals surface area (Å²) in [5.41, 5.74) is -4.65. The van der Waals surface area contributed by atoms with E-state index in [4.69, 9.17) is 46.4 Å². The van der Waals surface area contributed by atoms with Crippen molar-refractivity contribution in [2.24, 2.45) is 0 Å². The van der Waals surface area contributed by atoms with E-state index in [1.165, 1.54) is 0 Å². The lowest BCUT2D eigenvalue weighted by Crippen LogP contribution is -2.12. The van der Waals surface area contributed by atoms with Gasteiger partial charge in [-0.1, -0.05) is 46.4 Å². The number of halogens is 10. The van der Waals surface area contributed by atoms with Crippen LogP contribution in [-0.4, -0.2) is 0 Å². The molecule has 2 aromatic carbocycles. The third-order valence-corrected chi connectivity index (χ3v) is 4.00. The molecule has 0 aliphatic heterocycles. The second kappa shape index (κ2) is 6.48. The summed E-state index contributed by atoms with van der Waals surface area (Å²) in [5.74, 6) is 0. The van der Waals surface area contributed by atoms with Gasteiger partial charge in [0, 0.05) is 10.0 Å². The first kappa shape index (κ1) is 19.5. The highest BCUT2D eigenvalue weighted by atomic mass is 35.5. The molecule has 0 saturated carbocycles. The molecule has 2 aromatic rings. The minimum atomic E-state index is -5.02. The normalized spacial score (nSPS) is 12.6. The molecule has 0 aliphatic rings. The molecule has 130 valence electrons. The van der Waals surface area contributed by atoms with Crippen LogP contribution in [0.5, 0.6) is 0 Å². The van der Waals surface area contributed by atoms with E-state index in [-0.39, 0.29) is 10.0 Å². The molecule has 0 unspecified atom stereocenters. The van der Waals surface area contributed by atoms with Gasteiger partial charge in [0.05, 0.1) is 21.2 Å². The van der Waals surface area contributed by atoms with Crippen molar-refractivity contribution >= 4 is 46.4 Å². The Morgan fingerprint density at radius 3 is 1.08 bits per heavy atom. The lowest BCUT2D eigenvalue weighted by atomic mass is 9.94. The van der Waals surface area contributed by atoms with Gasteiger partial charge < -0.3 is 0 Å². The van der Waals surface area contributed by atoms with E-state index < -0.39 is 44.7 Å². The molecule has 0 nitrogen and oxygen atoms in total. The Morgan fingerprint density at radius 2 is 0.833 bits per heavy atom. The fourth-order valence-corrected chi connectivity index (χ4v) is 3.35. The highest BCUT2D eigenvalue weighted by Crippen LogP contribution is 2.48. The van der Waals surface area contributed by atoms with Gasteiger partial charge in [-0.2, -0.15) is 26.3 Å². The maximum atomic E-state index is 13.3. The van der Waals surface area contributed by atoms with Gasteiger partial charge in [-0.05, 0) is 35.4 Å². The fraction of sp³-hybridized carbons (Fsp3) is 0.143. The number of benzene rings is 2. The monoisotopic (exact) mass is 426 g/mol. The van der Waals surface area contributed by atoms with Crippen LogP contribution in [-0.2, 0) is 12.4 Å². The predicted octanol–water partition coefficient (Wildman–Crippen LogP) is 8.00. The van der Waals surface area contributed by atoms with Crippen molar-refractivity contribution in [2.75, 3.05) is 0 Å². The molecular weight excluding hydrogens is 424 g/mol. The quantitative estimate of drug-likeness (QED) is 0.404. The van der Waals surface area contributed by atoms with Crippen molar-refractivity contribution in [3.8, 4) is 11.1 Å². The van der Waals surface area contributed by atoms with Gasteiger partial charge in [-0.15, -0.1) is 0 Å². The first-order valence-corrected chi connectivity index (χ1v) is 7.46. The Kier molecular flexibility index (Phi) is 5.27. The standard InChI is InChI=1S/C14H4Cl4F6/c15-5-1-7(11(9(17)3-5)13(19,20)21)8-2-6(16)4-10(18)12(8)14(22,23)24/h1-4H. The first-order valence-electron chi connectivity index (χ1n) is 5.95. The first-order chi connectivity index (χ1) is 10.8. The van der Waals surface area contributed by atoms with Crippen LogP contribution in [0.3, 0.4) is 0 Å². The van der Waals surface area contributed by atoms with Gasteiger partial charge >= 0.3 is 12.4 Å². The van der Waals surface area contributed by atoms with Crippen LogP contribution in [0.4, 0.5) is 26.3 Å². The van der Waals surface area contributed by atoms with Gasteiger partial charge in [-0.25, -0.2) is 0 Å². The second-order valence-electron chi connectivity index (χ2n) is 4.62. The molecular formula is C14H4Cl4F6. The smallest absolute Gasteiger partial charge is 0.166 e. The molecule has 10 heteroatoms. The van der Waals surface area contributed by atoms with Crippen molar-refractivity contribution in [3.05, 3.63) is 55.5 Å². The number of hydrogen-bond acceptors (Lipinski definition) is 0. The van der Waals surface area contributed by atoms with Crippen molar-refractivity contribution in [1.82, 2.24) is 0 Å². The predicted molar refractivity (Wildman–Crippen MR) is 81.9 cm³/mol. The third kappa shape index (κ3) is 3.87. The van der Waals surface area contributed by atoms with E-state index in [2.05, 4.69) is 0 Å². The Morgan fingerprint density at radius 1 is 0.542 bits per heavy atom. The fourth-order valence-electron chi connectivity index (χ4n) is 2.15. The van der Waals surface area contributed by atoms with E-state index in [1.807, 2.05) is 0 Å². The molecule has 0 spiro atoms. The third-order valence-electron chi connectivity index (χ3n) is 2.97. The zero-order chi connectivity index (χ0) is 18.4. The van der Waals surface area contributed by atoms with E-state index >= 15 is 0 Å². The van der Waals surface area contributed by atoms with E-state index in [0.29, 0.717) is 0 Å². The van der Waals surface area contributed by atoms with Gasteiger partial charge in [0.15, 0.2) is 0 Å². The molecule has 24 heavy (non-hydrogen) atoms. The van der Waals surface area contributed by atoms with Gasteiger partial charge in [-0.3, -0.25) is 0 Å². The average molecular weight is 428 g/mol. The summed E-state index contributed by atoms with van der Waals surface area (Å²) in [4.78, 5) is 0. The molecule has 0 amide bonds. The lowest BCUT2D eigenvalue weighted by Gasteiger charge is -2.20. The van der Waals surface area contributed by atoms with Crippen molar-refractivity contribution in [2.45, 2.75) is 12.4 Å². The second-order valence-corrected chi connectivity index (χ2v) is 6.30. The maximum Gasteiger partial charge on any atom is 0.418 e. The number of rotatable bonds is 1. The molecule has 2 rings (SSSR count). The van der Waals surface area contributed by atoms with E-state index in [0.717, 1.165) is 24.3 Å². The molecule has 0 radical (unpaired) electrons. The Labute approximate surface area is 151 Å². The zero-order valence-electron chi connectivity index (χ0n) is 11.1. The summed E-state index contributed by atoms with van der Waals surface area (Å²) < 4.78 is 79.7. The summed E-state index contributed by atoms with van der Waals surface area (Å²) in [6, 6.07) is 3.03. The summed E-state index contributed by atoms with van der Waals surface area (Å²) >= 11 is 22.5. The minimum Gasteiger partial charge on any atom is -0.166 e. The Bertz CT molecular complexity index is 728. The van der Waals surface area contributed by atoms with Crippen LogP contribution in [0.15, 0.2) is 24.3 Å². The van der Waals surface area contributed by atoms with Crippen LogP contribution in [0.25, 0.3) is 11.1 Å². The highest BCUT2D eigenvalue weighted by Gasteiger charge is 2.41. The average Bonchev–Trinajstić information content (AvgIpc) is 2.32. The van der Waals surface area contributed by atoms with E-state index in [9.17, 15) is 26.3 Å². The zero-order valence-corrected chi connectivity index (χ0v) is 14.1. The number of alkyl halides is 6. The van der Waals surface area contributed by atoms with E-state index in [1.54, 1.807) is 0 Å². The Balaban J connectivity index is 2.98. The molecule has 0 heterocycles. The molecule has 0 aliphatic carbocycles. The molecule has 0 saturated heterocycles. The number of hydrogen-bond donors (Lipinski definition) is 0. The molecule has 0 bridgehead atoms. The van der Waals surface area contributed by atoms with Crippen LogP contribution in [0.2, 0.25) is 20.1 Å². The van der Waals surface area contributed by atoms with Crippen molar-refractivity contribution in [1.29, 1.82) is 0 Å².